The molecule has 1 N–H and O–H groups in total. The first-order valence-electron chi connectivity index (χ1n) is 11.0. The molecular weight excluding hydrogens is 358 g/mol. The number of benzene rings is 2. The fourth-order valence-electron chi connectivity index (χ4n) is 4.89. The van der Waals surface area contributed by atoms with Crippen molar-refractivity contribution >= 4 is 5.91 Å². The van der Waals surface area contributed by atoms with Gasteiger partial charge in [-0.05, 0) is 63.5 Å². The summed E-state index contributed by atoms with van der Waals surface area (Å²) in [6, 6.07) is 21.2. The predicted molar refractivity (Wildman–Crippen MR) is 118 cm³/mol. The van der Waals surface area contributed by atoms with Crippen LogP contribution in [0.5, 0.6) is 0 Å². The molecule has 2 saturated heterocycles. The Hall–Kier alpha value is -2.17. The number of piperidine rings is 2. The van der Waals surface area contributed by atoms with Gasteiger partial charge in [0.1, 0.15) is 0 Å². The van der Waals surface area contributed by atoms with Crippen LogP contribution >= 0.6 is 0 Å². The smallest absolute Gasteiger partial charge is 0.232 e. The van der Waals surface area contributed by atoms with Crippen molar-refractivity contribution in [1.82, 2.24) is 15.1 Å². The van der Waals surface area contributed by atoms with Crippen LogP contribution in [0.25, 0.3) is 0 Å². The highest BCUT2D eigenvalue weighted by Crippen LogP contribution is 2.26. The van der Waals surface area contributed by atoms with Gasteiger partial charge in [0.2, 0.25) is 5.91 Å². The Kier molecular flexibility index (Phi) is 6.63. The zero-order chi connectivity index (χ0) is 20.1. The lowest BCUT2D eigenvalue weighted by molar-refractivity contribution is -0.122. The van der Waals surface area contributed by atoms with Crippen LogP contribution < -0.4 is 5.32 Å². The number of amides is 1. The normalized spacial score (nSPS) is 21.9. The number of carbonyl (C=O) groups excluding carboxylic acids is 1. The van der Waals surface area contributed by atoms with Crippen LogP contribution in [0.4, 0.5) is 0 Å². The van der Waals surface area contributed by atoms with Gasteiger partial charge in [0.25, 0.3) is 0 Å². The van der Waals surface area contributed by atoms with E-state index in [1.54, 1.807) is 0 Å². The zero-order valence-electron chi connectivity index (χ0n) is 17.5. The van der Waals surface area contributed by atoms with E-state index in [1.165, 1.54) is 38.9 Å². The van der Waals surface area contributed by atoms with Gasteiger partial charge in [0, 0.05) is 18.6 Å². The van der Waals surface area contributed by atoms with Gasteiger partial charge in [-0.1, -0.05) is 60.7 Å². The molecule has 1 atom stereocenters. The third-order valence-corrected chi connectivity index (χ3v) is 6.53. The van der Waals surface area contributed by atoms with Crippen molar-refractivity contribution in [3.63, 3.8) is 0 Å². The first kappa shape index (κ1) is 20.1. The van der Waals surface area contributed by atoms with Gasteiger partial charge in [-0.25, -0.2) is 0 Å². The summed E-state index contributed by atoms with van der Waals surface area (Å²) in [5.74, 6) is -0.131. The molecule has 1 amide bonds. The summed E-state index contributed by atoms with van der Waals surface area (Å²) in [6.07, 6.45) is 4.73. The third kappa shape index (κ3) is 5.06. The van der Waals surface area contributed by atoms with E-state index in [1.807, 2.05) is 36.4 Å². The van der Waals surface area contributed by atoms with Gasteiger partial charge in [0.15, 0.2) is 0 Å². The zero-order valence-corrected chi connectivity index (χ0v) is 17.5. The van der Waals surface area contributed by atoms with Gasteiger partial charge < -0.3 is 10.2 Å². The number of carbonyl (C=O) groups is 1. The van der Waals surface area contributed by atoms with E-state index >= 15 is 0 Å². The summed E-state index contributed by atoms with van der Waals surface area (Å²) in [5, 5.41) is 3.40. The van der Waals surface area contributed by atoms with Crippen LogP contribution in [-0.4, -0.2) is 61.0 Å². The predicted octanol–water partition coefficient (Wildman–Crippen LogP) is 3.49. The Morgan fingerprint density at radius 3 is 2.07 bits per heavy atom. The lowest BCUT2D eigenvalue weighted by Crippen LogP contribution is -2.53. The van der Waals surface area contributed by atoms with E-state index in [0.717, 1.165) is 24.1 Å². The van der Waals surface area contributed by atoms with Crippen molar-refractivity contribution < 1.29 is 4.79 Å². The van der Waals surface area contributed by atoms with Crippen LogP contribution in [-0.2, 0) is 4.79 Å². The number of hydrogen-bond acceptors (Lipinski definition) is 3. The quantitative estimate of drug-likeness (QED) is 0.847. The summed E-state index contributed by atoms with van der Waals surface area (Å²) < 4.78 is 0. The van der Waals surface area contributed by atoms with Crippen LogP contribution in [0.15, 0.2) is 60.7 Å². The van der Waals surface area contributed by atoms with Crippen molar-refractivity contribution in [3.8, 4) is 0 Å². The second-order valence-corrected chi connectivity index (χ2v) is 8.63. The molecule has 2 fully saturated rings. The van der Waals surface area contributed by atoms with Crippen LogP contribution in [0.2, 0.25) is 0 Å². The standard InChI is InChI=1S/C25H33N3O/c1-27-17-14-23(15-18-27)28-16-8-13-22(19-28)26-25(29)24(20-9-4-2-5-10-20)21-11-6-3-7-12-21/h2-7,9-12,22-24H,8,13-19H2,1H3,(H,26,29)/t22-/m0/s1. The van der Waals surface area contributed by atoms with Crippen LogP contribution in [0.3, 0.4) is 0 Å². The average molecular weight is 392 g/mol. The van der Waals surface area contributed by atoms with Crippen molar-refractivity contribution in [2.45, 2.75) is 43.7 Å². The van der Waals surface area contributed by atoms with E-state index in [-0.39, 0.29) is 17.9 Å². The molecule has 2 aliphatic heterocycles. The summed E-state index contributed by atoms with van der Waals surface area (Å²) in [5.41, 5.74) is 2.11. The molecule has 2 heterocycles. The molecule has 0 saturated carbocycles. The lowest BCUT2D eigenvalue weighted by atomic mass is 9.90. The maximum atomic E-state index is 13.4. The number of likely N-dealkylation sites (tertiary alicyclic amines) is 2. The molecule has 0 radical (unpaired) electrons. The second-order valence-electron chi connectivity index (χ2n) is 8.63. The Balaban J connectivity index is 1.44. The molecule has 4 nitrogen and oxygen atoms in total. The Labute approximate surface area is 174 Å². The van der Waals surface area contributed by atoms with E-state index in [9.17, 15) is 4.79 Å². The van der Waals surface area contributed by atoms with Crippen molar-refractivity contribution in [3.05, 3.63) is 71.8 Å². The van der Waals surface area contributed by atoms with E-state index in [0.29, 0.717) is 6.04 Å². The monoisotopic (exact) mass is 391 g/mol. The van der Waals surface area contributed by atoms with Crippen molar-refractivity contribution in [2.24, 2.45) is 0 Å². The molecular formula is C25H33N3O. The van der Waals surface area contributed by atoms with Crippen molar-refractivity contribution in [1.29, 1.82) is 0 Å². The molecule has 29 heavy (non-hydrogen) atoms. The maximum Gasteiger partial charge on any atom is 0.232 e. The molecule has 0 aliphatic carbocycles. The van der Waals surface area contributed by atoms with Crippen molar-refractivity contribution in [2.75, 3.05) is 33.2 Å². The minimum atomic E-state index is -0.254. The second kappa shape index (κ2) is 9.55. The minimum Gasteiger partial charge on any atom is -0.351 e. The van der Waals surface area contributed by atoms with E-state index in [4.69, 9.17) is 0 Å². The first-order chi connectivity index (χ1) is 14.2. The highest BCUT2D eigenvalue weighted by Gasteiger charge is 2.30. The summed E-state index contributed by atoms with van der Waals surface area (Å²) >= 11 is 0. The third-order valence-electron chi connectivity index (χ3n) is 6.53. The largest absolute Gasteiger partial charge is 0.351 e. The number of nitrogens with one attached hydrogen (secondary N) is 1. The molecule has 0 spiro atoms. The van der Waals surface area contributed by atoms with E-state index < -0.39 is 0 Å². The summed E-state index contributed by atoms with van der Waals surface area (Å²) in [4.78, 5) is 18.4. The first-order valence-corrected chi connectivity index (χ1v) is 11.0. The molecule has 4 heteroatoms. The summed E-state index contributed by atoms with van der Waals surface area (Å²) in [6.45, 7) is 4.52. The fourth-order valence-corrected chi connectivity index (χ4v) is 4.89. The Morgan fingerprint density at radius 1 is 0.897 bits per heavy atom. The SMILES string of the molecule is CN1CCC(N2CCC[C@H](NC(=O)C(c3ccccc3)c3ccccc3)C2)CC1. The molecule has 0 aromatic heterocycles. The van der Waals surface area contributed by atoms with E-state index in [2.05, 4.69) is 46.4 Å². The van der Waals surface area contributed by atoms with Gasteiger partial charge in [-0.2, -0.15) is 0 Å². The molecule has 2 aromatic carbocycles. The molecule has 0 unspecified atom stereocenters. The van der Waals surface area contributed by atoms with Crippen LogP contribution in [0.1, 0.15) is 42.7 Å². The number of hydrogen-bond donors (Lipinski definition) is 1. The Morgan fingerprint density at radius 2 is 1.48 bits per heavy atom. The average Bonchev–Trinajstić information content (AvgIpc) is 2.76. The highest BCUT2D eigenvalue weighted by molar-refractivity contribution is 5.87. The minimum absolute atomic E-state index is 0.123. The molecule has 0 bridgehead atoms. The number of nitrogens with zero attached hydrogens (tertiary/aromatic N) is 2. The molecule has 154 valence electrons. The topological polar surface area (TPSA) is 35.6 Å². The van der Waals surface area contributed by atoms with Gasteiger partial charge in [-0.3, -0.25) is 9.69 Å². The van der Waals surface area contributed by atoms with Crippen LogP contribution in [0, 0.1) is 0 Å². The van der Waals surface area contributed by atoms with Gasteiger partial charge >= 0.3 is 0 Å². The molecule has 4 rings (SSSR count). The lowest BCUT2D eigenvalue weighted by Gasteiger charge is -2.42. The maximum absolute atomic E-state index is 13.4. The Bertz CT molecular complexity index is 732. The number of rotatable bonds is 5. The summed E-state index contributed by atoms with van der Waals surface area (Å²) in [7, 11) is 2.21. The highest BCUT2D eigenvalue weighted by atomic mass is 16.2. The molecule has 2 aromatic rings. The van der Waals surface area contributed by atoms with Gasteiger partial charge in [-0.15, -0.1) is 0 Å². The molecule has 2 aliphatic rings. The van der Waals surface area contributed by atoms with Gasteiger partial charge in [0.05, 0.1) is 5.92 Å². The fraction of sp³-hybridized carbons (Fsp3) is 0.480.